The molecule has 0 spiro atoms. The minimum absolute atomic E-state index is 0.0204. The number of benzene rings is 1. The maximum atomic E-state index is 11.8. The Kier molecular flexibility index (Phi) is 5.15. The summed E-state index contributed by atoms with van der Waals surface area (Å²) in [5.41, 5.74) is 7.18. The molecule has 0 saturated carbocycles. The topological polar surface area (TPSA) is 72.2 Å². The van der Waals surface area contributed by atoms with Gasteiger partial charge in [0.05, 0.1) is 5.75 Å². The van der Waals surface area contributed by atoms with Crippen molar-refractivity contribution in [2.24, 2.45) is 0 Å². The predicted octanol–water partition coefficient (Wildman–Crippen LogP) is 1.04. The van der Waals surface area contributed by atoms with Gasteiger partial charge in [0, 0.05) is 22.5 Å². The third-order valence-electron chi connectivity index (χ3n) is 2.11. The van der Waals surface area contributed by atoms with E-state index in [2.05, 4.69) is 5.32 Å². The summed E-state index contributed by atoms with van der Waals surface area (Å²) in [6.45, 7) is 3.74. The Hall–Kier alpha value is -1.36. The molecule has 1 unspecified atom stereocenters. The Morgan fingerprint density at radius 2 is 2.06 bits per heavy atom. The average Bonchev–Trinajstić information content (AvgIpc) is 2.19. The van der Waals surface area contributed by atoms with Crippen LogP contribution in [-0.2, 0) is 21.3 Å². The van der Waals surface area contributed by atoms with Gasteiger partial charge in [0.1, 0.15) is 5.75 Å². The normalized spacial score (nSPS) is 12.4. The molecule has 0 aliphatic heterocycles. The number of amides is 1. The number of nitrogen functional groups attached to an aromatic ring is 1. The van der Waals surface area contributed by atoms with E-state index < -0.39 is 10.8 Å². The van der Waals surface area contributed by atoms with E-state index in [1.807, 2.05) is 32.0 Å². The van der Waals surface area contributed by atoms with Crippen molar-refractivity contribution in [3.63, 3.8) is 0 Å². The molecule has 0 aliphatic carbocycles. The van der Waals surface area contributed by atoms with Gasteiger partial charge in [-0.1, -0.05) is 18.2 Å². The smallest absolute Gasteiger partial charge is 0.232 e. The number of para-hydroxylation sites is 1. The number of rotatable bonds is 5. The summed E-state index contributed by atoms with van der Waals surface area (Å²) >= 11 is 0. The van der Waals surface area contributed by atoms with Crippen LogP contribution in [-0.4, -0.2) is 21.9 Å². The van der Waals surface area contributed by atoms with Crippen LogP contribution in [0.15, 0.2) is 24.3 Å². The van der Waals surface area contributed by atoms with E-state index in [4.69, 9.17) is 5.73 Å². The van der Waals surface area contributed by atoms with E-state index in [-0.39, 0.29) is 17.7 Å². The van der Waals surface area contributed by atoms with Crippen molar-refractivity contribution in [3.8, 4) is 0 Å². The van der Waals surface area contributed by atoms with Crippen molar-refractivity contribution in [3.05, 3.63) is 29.8 Å². The number of hydrogen-bond donors (Lipinski definition) is 2. The number of nitrogens with one attached hydrogen (secondary N) is 1. The molecule has 1 rings (SSSR count). The van der Waals surface area contributed by atoms with Crippen LogP contribution in [0.5, 0.6) is 0 Å². The highest BCUT2D eigenvalue weighted by Crippen LogP contribution is 2.12. The average molecular weight is 254 g/mol. The number of anilines is 1. The standard InChI is InChI=1S/C12H18N2O2S/c1-9(2)14-12(15)8-17(16)7-10-5-3-4-6-11(10)13/h3-6,9H,7-8,13H2,1-2H3,(H,14,15). The van der Waals surface area contributed by atoms with Gasteiger partial charge in [0.25, 0.3) is 0 Å². The van der Waals surface area contributed by atoms with E-state index in [9.17, 15) is 9.00 Å². The fraction of sp³-hybridized carbons (Fsp3) is 0.417. The molecule has 17 heavy (non-hydrogen) atoms. The molecule has 5 heteroatoms. The van der Waals surface area contributed by atoms with Gasteiger partial charge < -0.3 is 11.1 Å². The predicted molar refractivity (Wildman–Crippen MR) is 70.8 cm³/mol. The van der Waals surface area contributed by atoms with Crippen molar-refractivity contribution in [1.82, 2.24) is 5.32 Å². The first-order valence-corrected chi connectivity index (χ1v) is 6.95. The van der Waals surface area contributed by atoms with Gasteiger partial charge in [-0.3, -0.25) is 9.00 Å². The monoisotopic (exact) mass is 254 g/mol. The summed E-state index contributed by atoms with van der Waals surface area (Å²) in [4.78, 5) is 11.4. The van der Waals surface area contributed by atoms with Gasteiger partial charge in [-0.05, 0) is 25.5 Å². The molecule has 0 saturated heterocycles. The first-order chi connectivity index (χ1) is 7.99. The Morgan fingerprint density at radius 1 is 1.41 bits per heavy atom. The number of carbonyl (C=O) groups excluding carboxylic acids is 1. The first-order valence-electron chi connectivity index (χ1n) is 5.46. The van der Waals surface area contributed by atoms with Crippen molar-refractivity contribution in [2.75, 3.05) is 11.5 Å². The van der Waals surface area contributed by atoms with Crippen LogP contribution in [0.2, 0.25) is 0 Å². The van der Waals surface area contributed by atoms with E-state index in [1.54, 1.807) is 6.07 Å². The maximum absolute atomic E-state index is 11.8. The minimum atomic E-state index is -1.22. The third-order valence-corrected chi connectivity index (χ3v) is 3.33. The molecule has 1 aromatic rings. The largest absolute Gasteiger partial charge is 0.398 e. The Morgan fingerprint density at radius 3 is 2.65 bits per heavy atom. The second-order valence-electron chi connectivity index (χ2n) is 4.15. The first kappa shape index (κ1) is 13.7. The third kappa shape index (κ3) is 4.99. The minimum Gasteiger partial charge on any atom is -0.398 e. The lowest BCUT2D eigenvalue weighted by Gasteiger charge is -2.08. The van der Waals surface area contributed by atoms with Crippen LogP contribution in [0.4, 0.5) is 5.69 Å². The highest BCUT2D eigenvalue weighted by molar-refractivity contribution is 7.84. The molecule has 0 aromatic heterocycles. The molecule has 94 valence electrons. The van der Waals surface area contributed by atoms with Gasteiger partial charge in [-0.2, -0.15) is 0 Å². The molecule has 4 nitrogen and oxygen atoms in total. The van der Waals surface area contributed by atoms with E-state index >= 15 is 0 Å². The quantitative estimate of drug-likeness (QED) is 0.771. The van der Waals surface area contributed by atoms with Crippen molar-refractivity contribution in [1.29, 1.82) is 0 Å². The fourth-order valence-electron chi connectivity index (χ4n) is 1.40. The van der Waals surface area contributed by atoms with Gasteiger partial charge in [0.2, 0.25) is 5.91 Å². The van der Waals surface area contributed by atoms with Gasteiger partial charge in [-0.25, -0.2) is 0 Å². The number of carbonyl (C=O) groups is 1. The molecule has 1 atom stereocenters. The Labute approximate surface area is 104 Å². The SMILES string of the molecule is CC(C)NC(=O)CS(=O)Cc1ccccc1N. The van der Waals surface area contributed by atoms with Gasteiger partial charge in [-0.15, -0.1) is 0 Å². The number of hydrogen-bond acceptors (Lipinski definition) is 3. The van der Waals surface area contributed by atoms with Gasteiger partial charge in [0.15, 0.2) is 0 Å². The molecular weight excluding hydrogens is 236 g/mol. The molecule has 0 radical (unpaired) electrons. The van der Waals surface area contributed by atoms with Crippen LogP contribution < -0.4 is 11.1 Å². The summed E-state index contributed by atoms with van der Waals surface area (Å²) in [5.74, 6) is 0.151. The second-order valence-corrected chi connectivity index (χ2v) is 5.61. The zero-order valence-corrected chi connectivity index (χ0v) is 10.9. The molecule has 0 bridgehead atoms. The summed E-state index contributed by atoms with van der Waals surface area (Å²) in [6, 6.07) is 7.33. The van der Waals surface area contributed by atoms with Crippen molar-refractivity contribution >= 4 is 22.4 Å². The lowest BCUT2D eigenvalue weighted by atomic mass is 10.2. The van der Waals surface area contributed by atoms with Crippen LogP contribution in [0.1, 0.15) is 19.4 Å². The molecule has 0 aliphatic rings. The molecule has 0 fully saturated rings. The van der Waals surface area contributed by atoms with Crippen LogP contribution in [0.25, 0.3) is 0 Å². The zero-order chi connectivity index (χ0) is 12.8. The molecule has 0 heterocycles. The lowest BCUT2D eigenvalue weighted by Crippen LogP contribution is -2.33. The van der Waals surface area contributed by atoms with E-state index in [0.717, 1.165) is 5.56 Å². The van der Waals surface area contributed by atoms with E-state index in [1.165, 1.54) is 0 Å². The fourth-order valence-corrected chi connectivity index (χ4v) is 2.49. The van der Waals surface area contributed by atoms with Crippen molar-refractivity contribution in [2.45, 2.75) is 25.6 Å². The summed E-state index contributed by atoms with van der Waals surface area (Å²) in [7, 11) is -1.22. The summed E-state index contributed by atoms with van der Waals surface area (Å²) in [5, 5.41) is 2.71. The van der Waals surface area contributed by atoms with Crippen LogP contribution >= 0.6 is 0 Å². The van der Waals surface area contributed by atoms with Crippen LogP contribution in [0.3, 0.4) is 0 Å². The highest BCUT2D eigenvalue weighted by Gasteiger charge is 2.10. The number of nitrogens with two attached hydrogens (primary N) is 1. The Bertz CT molecular complexity index is 419. The highest BCUT2D eigenvalue weighted by atomic mass is 32.2. The summed E-state index contributed by atoms with van der Waals surface area (Å²) < 4.78 is 11.8. The van der Waals surface area contributed by atoms with Gasteiger partial charge >= 0.3 is 0 Å². The van der Waals surface area contributed by atoms with Crippen LogP contribution in [0, 0.1) is 0 Å². The van der Waals surface area contributed by atoms with Crippen molar-refractivity contribution < 1.29 is 9.00 Å². The molecule has 3 N–H and O–H groups in total. The lowest BCUT2D eigenvalue weighted by molar-refractivity contribution is -0.119. The second kappa shape index (κ2) is 6.39. The zero-order valence-electron chi connectivity index (χ0n) is 10.1. The molecule has 1 amide bonds. The summed E-state index contributed by atoms with van der Waals surface area (Å²) in [6.07, 6.45) is 0. The molecule has 1 aromatic carbocycles. The maximum Gasteiger partial charge on any atom is 0.232 e. The van der Waals surface area contributed by atoms with E-state index in [0.29, 0.717) is 11.4 Å². The Balaban J connectivity index is 2.51. The molecular formula is C12H18N2O2S.